The molecule has 0 bridgehead atoms. The summed E-state index contributed by atoms with van der Waals surface area (Å²) >= 11 is 0. The largest absolute Gasteiger partial charge is 0.381 e. The van der Waals surface area contributed by atoms with Gasteiger partial charge in [0.05, 0.1) is 17.2 Å². The van der Waals surface area contributed by atoms with E-state index >= 15 is 0 Å². The number of nitrogens with one attached hydrogen (secondary N) is 1. The Bertz CT molecular complexity index is 782. The molecule has 0 atom stereocenters. The van der Waals surface area contributed by atoms with Gasteiger partial charge in [-0.1, -0.05) is 0 Å². The predicted octanol–water partition coefficient (Wildman–Crippen LogP) is 3.15. The summed E-state index contributed by atoms with van der Waals surface area (Å²) in [7, 11) is 3.06. The molecule has 0 fully saturated rings. The Morgan fingerprint density at radius 3 is 2.52 bits per heavy atom. The van der Waals surface area contributed by atoms with E-state index in [1.54, 1.807) is 0 Å². The lowest BCUT2D eigenvalue weighted by Crippen LogP contribution is -2.23. The molecule has 0 heterocycles. The highest BCUT2D eigenvalue weighted by Crippen LogP contribution is 2.18. The Morgan fingerprint density at radius 1 is 1.17 bits per heavy atom. The normalized spacial score (nSPS) is 10.0. The Balaban J connectivity index is 2.20. The first-order valence-electron chi connectivity index (χ1n) is 6.86. The highest BCUT2D eigenvalue weighted by atomic mass is 19.1. The van der Waals surface area contributed by atoms with E-state index in [1.807, 2.05) is 6.07 Å². The zero-order valence-electron chi connectivity index (χ0n) is 12.7. The van der Waals surface area contributed by atoms with Crippen molar-refractivity contribution in [2.75, 3.05) is 19.4 Å². The summed E-state index contributed by atoms with van der Waals surface area (Å²) in [6, 6.07) is 10.0. The monoisotopic (exact) mass is 315 g/mol. The molecule has 1 amide bonds. The van der Waals surface area contributed by atoms with Gasteiger partial charge in [-0.05, 0) is 36.4 Å². The lowest BCUT2D eigenvalue weighted by atomic mass is 10.1. The molecule has 0 radical (unpaired) electrons. The van der Waals surface area contributed by atoms with Gasteiger partial charge in [0.15, 0.2) is 0 Å². The Hall–Kier alpha value is -2.94. The van der Waals surface area contributed by atoms with Gasteiger partial charge < -0.3 is 10.2 Å². The number of hydrogen-bond acceptors (Lipinski definition) is 3. The van der Waals surface area contributed by atoms with Gasteiger partial charge in [0, 0.05) is 31.9 Å². The van der Waals surface area contributed by atoms with Crippen molar-refractivity contribution in [3.05, 3.63) is 64.7 Å². The first-order chi connectivity index (χ1) is 10.9. The molecule has 6 heteroatoms. The van der Waals surface area contributed by atoms with Gasteiger partial charge in [-0.15, -0.1) is 0 Å². The standard InChI is InChI=1S/C17H15F2N3O/c1-22(2)17(23)14-8-13(4-6-16(14)19)21-10-12-7-11(9-20)3-5-15(12)18/h3-8,21H,10H2,1-2H3. The van der Waals surface area contributed by atoms with Crippen molar-refractivity contribution in [2.24, 2.45) is 0 Å². The average molecular weight is 315 g/mol. The molecule has 2 aromatic rings. The van der Waals surface area contributed by atoms with Crippen molar-refractivity contribution < 1.29 is 13.6 Å². The molecule has 1 N–H and O–H groups in total. The van der Waals surface area contributed by atoms with Crippen LogP contribution < -0.4 is 5.32 Å². The summed E-state index contributed by atoms with van der Waals surface area (Å²) in [5.74, 6) is -1.51. The second-order valence-electron chi connectivity index (χ2n) is 5.17. The highest BCUT2D eigenvalue weighted by Gasteiger charge is 2.14. The molecule has 0 aliphatic heterocycles. The van der Waals surface area contributed by atoms with E-state index in [1.165, 1.54) is 55.4 Å². The Labute approximate surface area is 133 Å². The lowest BCUT2D eigenvalue weighted by Gasteiger charge is -2.13. The molecule has 2 aromatic carbocycles. The summed E-state index contributed by atoms with van der Waals surface area (Å²) in [6.45, 7) is 0.114. The van der Waals surface area contributed by atoms with Crippen LogP contribution in [0.1, 0.15) is 21.5 Å². The van der Waals surface area contributed by atoms with Gasteiger partial charge in [-0.2, -0.15) is 5.26 Å². The number of benzene rings is 2. The maximum Gasteiger partial charge on any atom is 0.256 e. The van der Waals surface area contributed by atoms with Gasteiger partial charge in [0.25, 0.3) is 5.91 Å². The van der Waals surface area contributed by atoms with Crippen LogP contribution in [0.25, 0.3) is 0 Å². The Kier molecular flexibility index (Phi) is 4.91. The third kappa shape index (κ3) is 3.83. The van der Waals surface area contributed by atoms with Crippen LogP contribution in [-0.4, -0.2) is 24.9 Å². The molecule has 0 aliphatic carbocycles. The van der Waals surface area contributed by atoms with E-state index < -0.39 is 17.5 Å². The van der Waals surface area contributed by atoms with E-state index in [-0.39, 0.29) is 12.1 Å². The number of carbonyl (C=O) groups is 1. The van der Waals surface area contributed by atoms with Gasteiger partial charge in [0.1, 0.15) is 11.6 Å². The number of amides is 1. The Morgan fingerprint density at radius 2 is 1.87 bits per heavy atom. The van der Waals surface area contributed by atoms with Crippen LogP contribution in [0.2, 0.25) is 0 Å². The topological polar surface area (TPSA) is 56.1 Å². The van der Waals surface area contributed by atoms with Crippen LogP contribution in [0, 0.1) is 23.0 Å². The second-order valence-corrected chi connectivity index (χ2v) is 5.17. The zero-order valence-corrected chi connectivity index (χ0v) is 12.7. The van der Waals surface area contributed by atoms with E-state index in [4.69, 9.17) is 5.26 Å². The molecule has 118 valence electrons. The first kappa shape index (κ1) is 16.4. The molecule has 0 saturated carbocycles. The zero-order chi connectivity index (χ0) is 17.0. The van der Waals surface area contributed by atoms with E-state index in [9.17, 15) is 13.6 Å². The lowest BCUT2D eigenvalue weighted by molar-refractivity contribution is 0.0823. The van der Waals surface area contributed by atoms with Crippen molar-refractivity contribution in [1.29, 1.82) is 5.26 Å². The van der Waals surface area contributed by atoms with Crippen LogP contribution in [0.4, 0.5) is 14.5 Å². The van der Waals surface area contributed by atoms with Gasteiger partial charge in [-0.25, -0.2) is 8.78 Å². The molecule has 0 saturated heterocycles. The minimum Gasteiger partial charge on any atom is -0.381 e. The fraction of sp³-hybridized carbons (Fsp3) is 0.176. The summed E-state index contributed by atoms with van der Waals surface area (Å²) in [4.78, 5) is 13.2. The number of anilines is 1. The molecule has 0 unspecified atom stereocenters. The molecule has 0 aromatic heterocycles. The summed E-state index contributed by atoms with van der Waals surface area (Å²) in [5.41, 5.74) is 1.09. The minimum absolute atomic E-state index is 0.0637. The number of nitrogens with zero attached hydrogens (tertiary/aromatic N) is 2. The minimum atomic E-state index is -0.619. The molecule has 0 spiro atoms. The van der Waals surface area contributed by atoms with Crippen LogP contribution >= 0.6 is 0 Å². The van der Waals surface area contributed by atoms with Crippen molar-refractivity contribution in [3.63, 3.8) is 0 Å². The molecular weight excluding hydrogens is 300 g/mol. The third-order valence-corrected chi connectivity index (χ3v) is 3.26. The highest BCUT2D eigenvalue weighted by molar-refractivity contribution is 5.95. The second kappa shape index (κ2) is 6.88. The van der Waals surface area contributed by atoms with Crippen LogP contribution in [0.3, 0.4) is 0 Å². The van der Waals surface area contributed by atoms with Crippen LogP contribution in [0.15, 0.2) is 36.4 Å². The number of hydrogen-bond donors (Lipinski definition) is 1. The van der Waals surface area contributed by atoms with Crippen LogP contribution in [-0.2, 0) is 6.54 Å². The number of halogens is 2. The van der Waals surface area contributed by atoms with Crippen molar-refractivity contribution in [1.82, 2.24) is 4.90 Å². The van der Waals surface area contributed by atoms with Crippen molar-refractivity contribution >= 4 is 11.6 Å². The fourth-order valence-electron chi connectivity index (χ4n) is 2.02. The number of rotatable bonds is 4. The van der Waals surface area contributed by atoms with E-state index in [2.05, 4.69) is 5.32 Å². The average Bonchev–Trinajstić information content (AvgIpc) is 2.54. The maximum atomic E-state index is 13.7. The van der Waals surface area contributed by atoms with E-state index in [0.29, 0.717) is 16.8 Å². The van der Waals surface area contributed by atoms with Gasteiger partial charge in [-0.3, -0.25) is 4.79 Å². The molecule has 2 rings (SSSR count). The summed E-state index contributed by atoms with van der Waals surface area (Å²) in [5, 5.41) is 11.8. The van der Waals surface area contributed by atoms with E-state index in [0.717, 1.165) is 0 Å². The SMILES string of the molecule is CN(C)C(=O)c1cc(NCc2cc(C#N)ccc2F)ccc1F. The molecular formula is C17H15F2N3O. The molecule has 0 aliphatic rings. The fourth-order valence-corrected chi connectivity index (χ4v) is 2.02. The van der Waals surface area contributed by atoms with Crippen molar-refractivity contribution in [2.45, 2.75) is 6.54 Å². The molecule has 23 heavy (non-hydrogen) atoms. The number of carbonyl (C=O) groups excluding carboxylic acids is 1. The molecule has 4 nitrogen and oxygen atoms in total. The quantitative estimate of drug-likeness (QED) is 0.943. The predicted molar refractivity (Wildman–Crippen MR) is 82.9 cm³/mol. The van der Waals surface area contributed by atoms with Crippen molar-refractivity contribution in [3.8, 4) is 6.07 Å². The first-order valence-corrected chi connectivity index (χ1v) is 6.86. The summed E-state index contributed by atoms with van der Waals surface area (Å²) < 4.78 is 27.5. The smallest absolute Gasteiger partial charge is 0.256 e. The number of nitriles is 1. The van der Waals surface area contributed by atoms with Crippen LogP contribution in [0.5, 0.6) is 0 Å². The van der Waals surface area contributed by atoms with Gasteiger partial charge in [0.2, 0.25) is 0 Å². The summed E-state index contributed by atoms with van der Waals surface area (Å²) in [6.07, 6.45) is 0. The maximum absolute atomic E-state index is 13.7. The van der Waals surface area contributed by atoms with Gasteiger partial charge >= 0.3 is 0 Å². The third-order valence-electron chi connectivity index (χ3n) is 3.26.